The first-order chi connectivity index (χ1) is 8.74. The molecule has 1 aromatic rings. The minimum absolute atomic E-state index is 0.165. The highest BCUT2D eigenvalue weighted by atomic mass is 16.6. The van der Waals surface area contributed by atoms with E-state index in [0.29, 0.717) is 6.04 Å². The molecule has 0 radical (unpaired) electrons. The molecule has 0 amide bonds. The van der Waals surface area contributed by atoms with E-state index in [1.807, 2.05) is 12.1 Å². The Hall–Kier alpha value is -1.62. The monoisotopic (exact) mass is 247 g/mol. The van der Waals surface area contributed by atoms with Gasteiger partial charge in [-0.15, -0.1) is 0 Å². The molecule has 1 aromatic carbocycles. The molecule has 0 saturated carbocycles. The lowest BCUT2D eigenvalue weighted by Gasteiger charge is -2.38. The van der Waals surface area contributed by atoms with Crippen molar-refractivity contribution in [3.63, 3.8) is 0 Å². The Morgan fingerprint density at radius 3 is 2.67 bits per heavy atom. The van der Waals surface area contributed by atoms with Gasteiger partial charge in [0.15, 0.2) is 0 Å². The summed E-state index contributed by atoms with van der Waals surface area (Å²) in [5.74, 6) is 0. The molecule has 0 bridgehead atoms. The Balaban J connectivity index is 1.73. The van der Waals surface area contributed by atoms with Crippen molar-refractivity contribution in [1.29, 1.82) is 0 Å². The van der Waals surface area contributed by atoms with E-state index >= 15 is 0 Å². The Morgan fingerprint density at radius 1 is 1.17 bits per heavy atom. The number of anilines is 1. The van der Waals surface area contributed by atoms with E-state index in [-0.39, 0.29) is 10.6 Å². The number of benzene rings is 1. The third-order valence-corrected chi connectivity index (χ3v) is 4.01. The highest BCUT2D eigenvalue weighted by molar-refractivity contribution is 5.51. The Bertz CT molecular complexity index is 446. The zero-order chi connectivity index (χ0) is 12.5. The summed E-state index contributed by atoms with van der Waals surface area (Å²) in [4.78, 5) is 15.2. The van der Waals surface area contributed by atoms with Crippen LogP contribution in [0.1, 0.15) is 12.8 Å². The first-order valence-electron chi connectivity index (χ1n) is 6.47. The number of hydrogen-bond donors (Lipinski definition) is 0. The van der Waals surface area contributed by atoms with Crippen LogP contribution < -0.4 is 4.90 Å². The van der Waals surface area contributed by atoms with Gasteiger partial charge in [-0.05, 0) is 31.5 Å². The summed E-state index contributed by atoms with van der Waals surface area (Å²) < 4.78 is 0. The molecule has 0 unspecified atom stereocenters. The highest BCUT2D eigenvalue weighted by Gasteiger charge is 2.30. The second-order valence-corrected chi connectivity index (χ2v) is 5.05. The molecule has 18 heavy (non-hydrogen) atoms. The molecule has 5 heteroatoms. The molecule has 2 aliphatic heterocycles. The lowest BCUT2D eigenvalue weighted by molar-refractivity contribution is -0.384. The first-order valence-corrected chi connectivity index (χ1v) is 6.47. The number of fused-ring (bicyclic) bond motifs is 1. The minimum Gasteiger partial charge on any atom is -0.369 e. The van der Waals surface area contributed by atoms with E-state index in [4.69, 9.17) is 0 Å². The smallest absolute Gasteiger partial charge is 0.269 e. The molecular weight excluding hydrogens is 230 g/mol. The van der Waals surface area contributed by atoms with Crippen LogP contribution in [0.3, 0.4) is 0 Å². The molecule has 96 valence electrons. The van der Waals surface area contributed by atoms with E-state index in [9.17, 15) is 10.1 Å². The van der Waals surface area contributed by atoms with Gasteiger partial charge in [-0.1, -0.05) is 0 Å². The topological polar surface area (TPSA) is 49.6 Å². The maximum Gasteiger partial charge on any atom is 0.269 e. The van der Waals surface area contributed by atoms with E-state index < -0.39 is 0 Å². The van der Waals surface area contributed by atoms with Crippen LogP contribution in [-0.2, 0) is 0 Å². The number of nitro benzene ring substituents is 1. The largest absolute Gasteiger partial charge is 0.369 e. The Labute approximate surface area is 106 Å². The molecule has 0 aromatic heterocycles. The van der Waals surface area contributed by atoms with Crippen LogP contribution in [0.5, 0.6) is 0 Å². The molecule has 2 fully saturated rings. The van der Waals surface area contributed by atoms with Crippen LogP contribution in [-0.4, -0.2) is 42.0 Å². The normalized spacial score (nSPS) is 24.0. The number of piperazine rings is 1. The molecule has 1 atom stereocenters. The second-order valence-electron chi connectivity index (χ2n) is 5.05. The van der Waals surface area contributed by atoms with Crippen LogP contribution in [0.25, 0.3) is 0 Å². The summed E-state index contributed by atoms with van der Waals surface area (Å²) in [5, 5.41) is 10.6. The van der Waals surface area contributed by atoms with Gasteiger partial charge in [0.1, 0.15) is 0 Å². The predicted octanol–water partition coefficient (Wildman–Crippen LogP) is 1.88. The maximum absolute atomic E-state index is 10.6. The molecule has 2 saturated heterocycles. The third-order valence-electron chi connectivity index (χ3n) is 4.01. The SMILES string of the molecule is O=[N+]([O-])c1ccc(N2CCN3CCC[C@H]3C2)cc1. The summed E-state index contributed by atoms with van der Waals surface area (Å²) in [6, 6.07) is 7.59. The van der Waals surface area contributed by atoms with Gasteiger partial charge in [0.2, 0.25) is 0 Å². The van der Waals surface area contributed by atoms with Crippen molar-refractivity contribution in [2.75, 3.05) is 31.1 Å². The van der Waals surface area contributed by atoms with Crippen LogP contribution in [0.15, 0.2) is 24.3 Å². The number of nitro groups is 1. The van der Waals surface area contributed by atoms with Crippen molar-refractivity contribution in [3.8, 4) is 0 Å². The van der Waals surface area contributed by atoms with E-state index in [2.05, 4.69) is 9.80 Å². The molecule has 2 heterocycles. The number of non-ortho nitro benzene ring substituents is 1. The standard InChI is InChI=1S/C13H17N3O2/c17-16(18)12-5-3-11(4-6-12)15-9-8-14-7-1-2-13(14)10-15/h3-6,13H,1-2,7-10H2/t13-/m0/s1. The number of hydrogen-bond acceptors (Lipinski definition) is 4. The highest BCUT2D eigenvalue weighted by Crippen LogP contribution is 2.26. The molecular formula is C13H17N3O2. The third kappa shape index (κ3) is 2.06. The summed E-state index contributed by atoms with van der Waals surface area (Å²) >= 11 is 0. The number of rotatable bonds is 2. The minimum atomic E-state index is -0.349. The van der Waals surface area contributed by atoms with E-state index in [1.165, 1.54) is 19.4 Å². The van der Waals surface area contributed by atoms with Crippen molar-refractivity contribution in [2.24, 2.45) is 0 Å². The summed E-state index contributed by atoms with van der Waals surface area (Å²) in [5.41, 5.74) is 1.27. The van der Waals surface area contributed by atoms with Crippen LogP contribution >= 0.6 is 0 Å². The molecule has 3 rings (SSSR count). The van der Waals surface area contributed by atoms with Gasteiger partial charge in [-0.3, -0.25) is 15.0 Å². The van der Waals surface area contributed by atoms with Crippen molar-refractivity contribution in [2.45, 2.75) is 18.9 Å². The van der Waals surface area contributed by atoms with Gasteiger partial charge < -0.3 is 4.90 Å². The molecule has 2 aliphatic rings. The van der Waals surface area contributed by atoms with Gasteiger partial charge in [0.05, 0.1) is 4.92 Å². The molecule has 0 aliphatic carbocycles. The van der Waals surface area contributed by atoms with Crippen molar-refractivity contribution in [3.05, 3.63) is 34.4 Å². The fourth-order valence-corrected chi connectivity index (χ4v) is 3.01. The lowest BCUT2D eigenvalue weighted by atomic mass is 10.1. The average Bonchev–Trinajstić information content (AvgIpc) is 2.86. The van der Waals surface area contributed by atoms with Gasteiger partial charge in [-0.25, -0.2) is 0 Å². The number of nitrogens with zero attached hydrogens (tertiary/aromatic N) is 3. The zero-order valence-electron chi connectivity index (χ0n) is 10.3. The summed E-state index contributed by atoms with van der Waals surface area (Å²) in [6.45, 7) is 4.42. The fraction of sp³-hybridized carbons (Fsp3) is 0.538. The maximum atomic E-state index is 10.6. The quantitative estimate of drug-likeness (QED) is 0.591. The summed E-state index contributed by atoms with van der Waals surface area (Å²) in [7, 11) is 0. The second kappa shape index (κ2) is 4.57. The zero-order valence-corrected chi connectivity index (χ0v) is 10.3. The van der Waals surface area contributed by atoms with Gasteiger partial charge in [0.25, 0.3) is 5.69 Å². The average molecular weight is 247 g/mol. The Kier molecular flexibility index (Phi) is 2.91. The van der Waals surface area contributed by atoms with Crippen LogP contribution in [0.4, 0.5) is 11.4 Å². The Morgan fingerprint density at radius 2 is 1.94 bits per heavy atom. The molecule has 0 spiro atoms. The van der Waals surface area contributed by atoms with Crippen LogP contribution in [0.2, 0.25) is 0 Å². The molecule has 5 nitrogen and oxygen atoms in total. The van der Waals surface area contributed by atoms with Gasteiger partial charge in [0, 0.05) is 43.5 Å². The van der Waals surface area contributed by atoms with Crippen molar-refractivity contribution >= 4 is 11.4 Å². The predicted molar refractivity (Wildman–Crippen MR) is 69.9 cm³/mol. The van der Waals surface area contributed by atoms with Crippen molar-refractivity contribution < 1.29 is 4.92 Å². The van der Waals surface area contributed by atoms with Crippen molar-refractivity contribution in [1.82, 2.24) is 4.90 Å². The van der Waals surface area contributed by atoms with Gasteiger partial charge in [-0.2, -0.15) is 0 Å². The lowest BCUT2D eigenvalue weighted by Crippen LogP contribution is -2.50. The summed E-state index contributed by atoms with van der Waals surface area (Å²) in [6.07, 6.45) is 2.59. The van der Waals surface area contributed by atoms with Crippen LogP contribution in [0, 0.1) is 10.1 Å². The first kappa shape index (κ1) is 11.5. The van der Waals surface area contributed by atoms with E-state index in [0.717, 1.165) is 25.3 Å². The van der Waals surface area contributed by atoms with Gasteiger partial charge >= 0.3 is 0 Å². The van der Waals surface area contributed by atoms with E-state index in [1.54, 1.807) is 12.1 Å². The molecule has 0 N–H and O–H groups in total. The fourth-order valence-electron chi connectivity index (χ4n) is 3.01.